The van der Waals surface area contributed by atoms with Crippen molar-refractivity contribution in [2.24, 2.45) is 0 Å². The molecule has 1 aliphatic heterocycles. The molecule has 0 saturated carbocycles. The second-order valence-corrected chi connectivity index (χ2v) is 8.92. The maximum atomic E-state index is 5.94. The lowest BCUT2D eigenvalue weighted by molar-refractivity contribution is 0.00646. The highest BCUT2D eigenvalue weighted by Gasteiger charge is 2.13. The van der Waals surface area contributed by atoms with Crippen LogP contribution in [0.5, 0.6) is 0 Å². The Morgan fingerprint density at radius 3 is 1.51 bits per heavy atom. The fourth-order valence-corrected chi connectivity index (χ4v) is 4.19. The highest BCUT2D eigenvalue weighted by molar-refractivity contribution is 5.17. The molecule has 2 bridgehead atoms. The van der Waals surface area contributed by atoms with Crippen molar-refractivity contribution in [3.05, 3.63) is 101 Å². The molecule has 186 valence electrons. The average Bonchev–Trinajstić information content (AvgIpc) is 2.90. The third-order valence-corrected chi connectivity index (χ3v) is 6.04. The van der Waals surface area contributed by atoms with Crippen LogP contribution >= 0.6 is 0 Å². The maximum absolute atomic E-state index is 5.94. The second-order valence-electron chi connectivity index (χ2n) is 8.92. The SMILES string of the molecule is c1ccc(C[C@H]2COCCOCCOC[C@H](Cc3ccccc3)NCc3cccc(n3)CN2)cc1. The van der Waals surface area contributed by atoms with Crippen molar-refractivity contribution in [3.63, 3.8) is 0 Å². The average molecular weight is 476 g/mol. The molecule has 2 N–H and O–H groups in total. The highest BCUT2D eigenvalue weighted by atomic mass is 16.5. The number of ether oxygens (including phenoxy) is 3. The number of benzene rings is 2. The van der Waals surface area contributed by atoms with E-state index in [4.69, 9.17) is 19.2 Å². The molecule has 2 atom stereocenters. The molecule has 0 radical (unpaired) electrons. The summed E-state index contributed by atoms with van der Waals surface area (Å²) in [7, 11) is 0. The topological polar surface area (TPSA) is 64.6 Å². The van der Waals surface area contributed by atoms with Crippen molar-refractivity contribution < 1.29 is 14.2 Å². The zero-order valence-corrected chi connectivity index (χ0v) is 20.4. The first-order valence-electron chi connectivity index (χ1n) is 12.6. The molecular weight excluding hydrogens is 438 g/mol. The molecule has 6 heteroatoms. The van der Waals surface area contributed by atoms with Gasteiger partial charge in [0.2, 0.25) is 0 Å². The van der Waals surface area contributed by atoms with E-state index in [0.717, 1.165) is 24.2 Å². The predicted octanol–water partition coefficient (Wildman–Crippen LogP) is 3.55. The predicted molar refractivity (Wildman–Crippen MR) is 138 cm³/mol. The minimum Gasteiger partial charge on any atom is -0.377 e. The van der Waals surface area contributed by atoms with Gasteiger partial charge in [-0.25, -0.2) is 0 Å². The van der Waals surface area contributed by atoms with Crippen LogP contribution < -0.4 is 10.6 Å². The monoisotopic (exact) mass is 475 g/mol. The Hall–Kier alpha value is -2.61. The summed E-state index contributed by atoms with van der Waals surface area (Å²) in [6.07, 6.45) is 1.80. The van der Waals surface area contributed by atoms with E-state index in [1.54, 1.807) is 0 Å². The Kier molecular flexibility index (Phi) is 10.7. The molecule has 0 spiro atoms. The van der Waals surface area contributed by atoms with E-state index in [-0.39, 0.29) is 12.1 Å². The van der Waals surface area contributed by atoms with Gasteiger partial charge in [-0.1, -0.05) is 66.7 Å². The Morgan fingerprint density at radius 2 is 1.03 bits per heavy atom. The number of fused-ring (bicyclic) bond motifs is 2. The fourth-order valence-electron chi connectivity index (χ4n) is 4.19. The molecule has 0 amide bonds. The van der Waals surface area contributed by atoms with Gasteiger partial charge in [-0.15, -0.1) is 0 Å². The van der Waals surface area contributed by atoms with Gasteiger partial charge in [0, 0.05) is 25.2 Å². The molecule has 4 rings (SSSR count). The summed E-state index contributed by atoms with van der Waals surface area (Å²) in [5.41, 5.74) is 4.64. The number of pyridine rings is 1. The summed E-state index contributed by atoms with van der Waals surface area (Å²) in [6, 6.07) is 27.7. The van der Waals surface area contributed by atoms with Gasteiger partial charge in [0.1, 0.15) is 0 Å². The number of hydrogen-bond donors (Lipinski definition) is 2. The lowest BCUT2D eigenvalue weighted by Crippen LogP contribution is -2.37. The first-order chi connectivity index (χ1) is 17.3. The van der Waals surface area contributed by atoms with Crippen LogP contribution in [0.25, 0.3) is 0 Å². The van der Waals surface area contributed by atoms with Crippen molar-refractivity contribution in [2.45, 2.75) is 38.0 Å². The maximum Gasteiger partial charge on any atom is 0.0701 e. The molecule has 0 saturated heterocycles. The van der Waals surface area contributed by atoms with Crippen LogP contribution in [0.3, 0.4) is 0 Å². The van der Waals surface area contributed by atoms with Crippen LogP contribution in [0.4, 0.5) is 0 Å². The van der Waals surface area contributed by atoms with E-state index in [1.807, 2.05) is 12.1 Å². The van der Waals surface area contributed by atoms with Gasteiger partial charge in [0.25, 0.3) is 0 Å². The Labute approximate surface area is 209 Å². The van der Waals surface area contributed by atoms with Crippen LogP contribution in [0.2, 0.25) is 0 Å². The zero-order chi connectivity index (χ0) is 24.0. The third kappa shape index (κ3) is 9.51. The van der Waals surface area contributed by atoms with E-state index in [1.165, 1.54) is 11.1 Å². The van der Waals surface area contributed by atoms with Crippen LogP contribution in [-0.2, 0) is 40.1 Å². The molecule has 0 aliphatic carbocycles. The standard InChI is InChI=1S/C29H37N3O3/c1-3-8-24(9-4-1)18-28-22-34-16-14-33-15-17-35-23-29(19-25-10-5-2-6-11-25)31-21-27-13-7-12-26(32-27)20-30-28/h1-13,28-31H,14-23H2/t28-,29-/m0/s1. The van der Waals surface area contributed by atoms with Crippen molar-refractivity contribution in [2.75, 3.05) is 39.6 Å². The molecule has 6 nitrogen and oxygen atoms in total. The minimum absolute atomic E-state index is 0.193. The lowest BCUT2D eigenvalue weighted by atomic mass is 10.1. The Morgan fingerprint density at radius 1 is 0.571 bits per heavy atom. The van der Waals surface area contributed by atoms with Gasteiger partial charge >= 0.3 is 0 Å². The molecule has 2 aromatic carbocycles. The number of nitrogens with zero attached hydrogens (tertiary/aromatic N) is 1. The van der Waals surface area contributed by atoms with Gasteiger partial charge in [-0.3, -0.25) is 4.98 Å². The fraction of sp³-hybridized carbons (Fsp3) is 0.414. The van der Waals surface area contributed by atoms with Gasteiger partial charge in [-0.05, 0) is 36.1 Å². The molecule has 2 heterocycles. The molecule has 35 heavy (non-hydrogen) atoms. The summed E-state index contributed by atoms with van der Waals surface area (Å²) >= 11 is 0. The van der Waals surface area contributed by atoms with Crippen LogP contribution in [-0.4, -0.2) is 56.7 Å². The quantitative estimate of drug-likeness (QED) is 0.602. The summed E-state index contributed by atoms with van der Waals surface area (Å²) in [5, 5.41) is 7.31. The number of nitrogens with one attached hydrogen (secondary N) is 2. The number of aromatic nitrogens is 1. The van der Waals surface area contributed by atoms with Crippen molar-refractivity contribution >= 4 is 0 Å². The van der Waals surface area contributed by atoms with Gasteiger partial charge in [-0.2, -0.15) is 0 Å². The molecule has 0 fully saturated rings. The van der Waals surface area contributed by atoms with Crippen LogP contribution in [0.15, 0.2) is 78.9 Å². The van der Waals surface area contributed by atoms with Crippen molar-refractivity contribution in [1.29, 1.82) is 0 Å². The Balaban J connectivity index is 1.40. The molecule has 1 aromatic heterocycles. The third-order valence-electron chi connectivity index (χ3n) is 6.04. The second kappa shape index (κ2) is 14.7. The van der Waals surface area contributed by atoms with Gasteiger partial charge in [0.05, 0.1) is 51.0 Å². The van der Waals surface area contributed by atoms with Gasteiger partial charge in [0.15, 0.2) is 0 Å². The normalized spacial score (nSPS) is 21.0. The molecular formula is C29H37N3O3. The van der Waals surface area contributed by atoms with E-state index in [2.05, 4.69) is 77.4 Å². The Bertz CT molecular complexity index is 896. The van der Waals surface area contributed by atoms with E-state index >= 15 is 0 Å². The number of hydrogen-bond acceptors (Lipinski definition) is 6. The van der Waals surface area contributed by atoms with Crippen LogP contribution in [0, 0.1) is 0 Å². The van der Waals surface area contributed by atoms with Gasteiger partial charge < -0.3 is 24.8 Å². The van der Waals surface area contributed by atoms with E-state index in [9.17, 15) is 0 Å². The van der Waals surface area contributed by atoms with E-state index in [0.29, 0.717) is 52.7 Å². The first kappa shape index (κ1) is 25.5. The molecule has 0 unspecified atom stereocenters. The number of rotatable bonds is 4. The first-order valence-corrected chi connectivity index (χ1v) is 12.6. The summed E-state index contributed by atoms with van der Waals surface area (Å²) in [4.78, 5) is 4.89. The summed E-state index contributed by atoms with van der Waals surface area (Å²) in [5.74, 6) is 0. The molecule has 3 aromatic rings. The van der Waals surface area contributed by atoms with Crippen molar-refractivity contribution in [1.82, 2.24) is 15.6 Å². The molecule has 1 aliphatic rings. The summed E-state index contributed by atoms with van der Waals surface area (Å²) < 4.78 is 17.6. The zero-order valence-electron chi connectivity index (χ0n) is 20.4. The summed E-state index contributed by atoms with van der Waals surface area (Å²) in [6.45, 7) is 4.91. The van der Waals surface area contributed by atoms with Crippen LogP contribution in [0.1, 0.15) is 22.5 Å². The lowest BCUT2D eigenvalue weighted by Gasteiger charge is -2.21. The highest BCUT2D eigenvalue weighted by Crippen LogP contribution is 2.08. The van der Waals surface area contributed by atoms with E-state index < -0.39 is 0 Å². The largest absolute Gasteiger partial charge is 0.377 e. The smallest absolute Gasteiger partial charge is 0.0701 e. The minimum atomic E-state index is 0.193. The van der Waals surface area contributed by atoms with Crippen molar-refractivity contribution in [3.8, 4) is 0 Å².